The number of para-hydroxylation sites is 1. The summed E-state index contributed by atoms with van der Waals surface area (Å²) in [4.78, 5) is 24.7. The average Bonchev–Trinajstić information content (AvgIpc) is 2.59. The largest absolute Gasteiger partial charge is 0.368 e. The molecule has 1 aromatic carbocycles. The fourth-order valence-corrected chi connectivity index (χ4v) is 3.09. The van der Waals surface area contributed by atoms with E-state index in [4.69, 9.17) is 5.73 Å². The number of carbonyl (C=O) groups excluding carboxylic acids is 1. The van der Waals surface area contributed by atoms with E-state index in [9.17, 15) is 4.79 Å². The van der Waals surface area contributed by atoms with Gasteiger partial charge >= 0.3 is 0 Å². The Morgan fingerprint density at radius 3 is 2.68 bits per heavy atom. The van der Waals surface area contributed by atoms with Crippen LogP contribution in [0.3, 0.4) is 0 Å². The molecule has 0 aliphatic heterocycles. The van der Waals surface area contributed by atoms with Crippen LogP contribution in [0.2, 0.25) is 0 Å². The summed E-state index contributed by atoms with van der Waals surface area (Å²) in [5, 5.41) is 5.51. The maximum Gasteiger partial charge on any atom is 0.233 e. The van der Waals surface area contributed by atoms with Gasteiger partial charge in [0.25, 0.3) is 0 Å². The highest BCUT2D eigenvalue weighted by Gasteiger charge is 2.20. The first kappa shape index (κ1) is 18.7. The summed E-state index contributed by atoms with van der Waals surface area (Å²) in [6.45, 7) is 7.81. The highest BCUT2D eigenvalue weighted by atomic mass is 32.2. The van der Waals surface area contributed by atoms with Crippen LogP contribution >= 0.6 is 11.8 Å². The lowest BCUT2D eigenvalue weighted by molar-refractivity contribution is -0.120. The molecule has 0 fully saturated rings. The van der Waals surface area contributed by atoms with Gasteiger partial charge in [-0.3, -0.25) is 4.79 Å². The Bertz CT molecular complexity index is 724. The molecule has 8 heteroatoms. The number of benzene rings is 1. The van der Waals surface area contributed by atoms with Gasteiger partial charge in [-0.1, -0.05) is 24.3 Å². The number of amides is 1. The number of nitrogen functional groups attached to an aromatic ring is 1. The molecule has 2 aromatic rings. The van der Waals surface area contributed by atoms with Crippen molar-refractivity contribution in [3.05, 3.63) is 48.8 Å². The van der Waals surface area contributed by atoms with Gasteiger partial charge in [0.15, 0.2) is 0 Å². The molecule has 7 nitrogen and oxygen atoms in total. The van der Waals surface area contributed by atoms with E-state index in [1.54, 1.807) is 6.08 Å². The molecule has 1 amide bonds. The van der Waals surface area contributed by atoms with Crippen molar-refractivity contribution in [3.8, 4) is 0 Å². The Morgan fingerprint density at radius 1 is 1.28 bits per heavy atom. The lowest BCUT2D eigenvalue weighted by Gasteiger charge is -2.16. The first-order valence-electron chi connectivity index (χ1n) is 7.87. The molecular formula is C17H22N6OS. The zero-order chi connectivity index (χ0) is 18.2. The zero-order valence-corrected chi connectivity index (χ0v) is 15.1. The quantitative estimate of drug-likeness (QED) is 0.623. The predicted molar refractivity (Wildman–Crippen MR) is 103 cm³/mol. The third kappa shape index (κ3) is 5.75. The van der Waals surface area contributed by atoms with Gasteiger partial charge in [0.05, 0.1) is 10.5 Å². The topological polar surface area (TPSA) is 106 Å². The first-order chi connectivity index (χ1) is 12.0. The monoisotopic (exact) mass is 358 g/mol. The van der Waals surface area contributed by atoms with Crippen molar-refractivity contribution in [2.75, 3.05) is 17.6 Å². The summed E-state index contributed by atoms with van der Waals surface area (Å²) >= 11 is 1.45. The molecule has 0 spiro atoms. The van der Waals surface area contributed by atoms with Crippen LogP contribution < -0.4 is 16.4 Å². The standard InChI is InChI=1S/C17H22N6OS/c1-4-10-19-15(24)12(3)25-11(2)14-21-16(18)23-17(22-14)20-13-8-6-5-7-9-13/h4-9,11-12H,1,10H2,2-3H3,(H,19,24)(H3,18,20,21,22,23). The number of hydrogen-bond donors (Lipinski definition) is 3. The molecule has 1 heterocycles. The molecule has 2 unspecified atom stereocenters. The number of aromatic nitrogens is 3. The van der Waals surface area contributed by atoms with Gasteiger partial charge in [-0.25, -0.2) is 0 Å². The number of nitrogens with two attached hydrogens (primary N) is 1. The van der Waals surface area contributed by atoms with Crippen LogP contribution in [0.5, 0.6) is 0 Å². The molecule has 0 bridgehead atoms. The number of hydrogen-bond acceptors (Lipinski definition) is 7. The van der Waals surface area contributed by atoms with Gasteiger partial charge in [0.1, 0.15) is 5.82 Å². The summed E-state index contributed by atoms with van der Waals surface area (Å²) in [6, 6.07) is 9.56. The zero-order valence-electron chi connectivity index (χ0n) is 14.3. The summed E-state index contributed by atoms with van der Waals surface area (Å²) in [7, 11) is 0. The maximum atomic E-state index is 12.0. The second kappa shape index (κ2) is 9.03. The van der Waals surface area contributed by atoms with Crippen molar-refractivity contribution in [2.45, 2.75) is 24.3 Å². The predicted octanol–water partition coefficient (Wildman–Crippen LogP) is 2.68. The number of carbonyl (C=O) groups is 1. The Kier molecular flexibility index (Phi) is 6.76. The SMILES string of the molecule is C=CCNC(=O)C(C)SC(C)c1nc(N)nc(Nc2ccccc2)n1. The number of nitrogens with one attached hydrogen (secondary N) is 2. The molecule has 25 heavy (non-hydrogen) atoms. The van der Waals surface area contributed by atoms with Gasteiger partial charge in [-0.15, -0.1) is 18.3 Å². The van der Waals surface area contributed by atoms with Gasteiger partial charge in [0, 0.05) is 12.2 Å². The van der Waals surface area contributed by atoms with Gasteiger partial charge in [0.2, 0.25) is 17.8 Å². The molecule has 132 valence electrons. The highest BCUT2D eigenvalue weighted by molar-refractivity contribution is 8.00. The van der Waals surface area contributed by atoms with Crippen LogP contribution in [0.25, 0.3) is 0 Å². The fourth-order valence-electron chi connectivity index (χ4n) is 2.04. The van der Waals surface area contributed by atoms with Crippen LogP contribution in [-0.2, 0) is 4.79 Å². The van der Waals surface area contributed by atoms with Crippen LogP contribution in [0.1, 0.15) is 24.9 Å². The van der Waals surface area contributed by atoms with E-state index in [1.165, 1.54) is 11.8 Å². The summed E-state index contributed by atoms with van der Waals surface area (Å²) in [5.41, 5.74) is 6.66. The molecule has 0 aliphatic rings. The number of rotatable bonds is 8. The van der Waals surface area contributed by atoms with Crippen LogP contribution in [0.15, 0.2) is 43.0 Å². The second-order valence-corrected chi connectivity index (χ2v) is 7.01. The summed E-state index contributed by atoms with van der Waals surface area (Å²) < 4.78 is 0. The minimum absolute atomic E-state index is 0.0542. The Balaban J connectivity index is 2.07. The van der Waals surface area contributed by atoms with Crippen molar-refractivity contribution in [1.82, 2.24) is 20.3 Å². The number of anilines is 3. The van der Waals surface area contributed by atoms with Gasteiger partial charge in [-0.2, -0.15) is 15.0 Å². The molecule has 1 aromatic heterocycles. The molecule has 0 aliphatic carbocycles. The normalized spacial score (nSPS) is 12.9. The molecule has 0 radical (unpaired) electrons. The van der Waals surface area contributed by atoms with Gasteiger partial charge in [-0.05, 0) is 26.0 Å². The molecule has 0 saturated carbocycles. The van der Waals surface area contributed by atoms with Crippen molar-refractivity contribution in [2.24, 2.45) is 0 Å². The molecule has 2 rings (SSSR count). The maximum absolute atomic E-state index is 12.0. The molecule has 0 saturated heterocycles. The van der Waals surface area contributed by atoms with E-state index in [0.717, 1.165) is 5.69 Å². The Morgan fingerprint density at radius 2 is 2.00 bits per heavy atom. The number of thioether (sulfide) groups is 1. The van der Waals surface area contributed by atoms with E-state index < -0.39 is 0 Å². The summed E-state index contributed by atoms with van der Waals surface area (Å²) in [5.74, 6) is 0.991. The van der Waals surface area contributed by atoms with E-state index in [1.807, 2.05) is 44.2 Å². The van der Waals surface area contributed by atoms with E-state index >= 15 is 0 Å². The first-order valence-corrected chi connectivity index (χ1v) is 8.81. The Hall–Kier alpha value is -2.61. The average molecular weight is 358 g/mol. The highest BCUT2D eigenvalue weighted by Crippen LogP contribution is 2.30. The Labute approximate surface area is 151 Å². The van der Waals surface area contributed by atoms with Crippen molar-refractivity contribution in [1.29, 1.82) is 0 Å². The van der Waals surface area contributed by atoms with E-state index in [2.05, 4.69) is 32.2 Å². The molecule has 2 atom stereocenters. The van der Waals surface area contributed by atoms with Crippen LogP contribution in [-0.4, -0.2) is 32.7 Å². The molecule has 4 N–H and O–H groups in total. The minimum Gasteiger partial charge on any atom is -0.368 e. The number of nitrogens with zero attached hydrogens (tertiary/aromatic N) is 3. The van der Waals surface area contributed by atoms with Crippen LogP contribution in [0.4, 0.5) is 17.6 Å². The van der Waals surface area contributed by atoms with Gasteiger partial charge < -0.3 is 16.4 Å². The van der Waals surface area contributed by atoms with Crippen LogP contribution in [0, 0.1) is 0 Å². The van der Waals surface area contributed by atoms with E-state index in [-0.39, 0.29) is 22.4 Å². The fraction of sp³-hybridized carbons (Fsp3) is 0.294. The minimum atomic E-state index is -0.251. The second-order valence-electron chi connectivity index (χ2n) is 5.32. The van der Waals surface area contributed by atoms with Crippen molar-refractivity contribution >= 4 is 35.3 Å². The lowest BCUT2D eigenvalue weighted by atomic mass is 10.3. The summed E-state index contributed by atoms with van der Waals surface area (Å²) in [6.07, 6.45) is 1.65. The van der Waals surface area contributed by atoms with Crippen molar-refractivity contribution in [3.63, 3.8) is 0 Å². The third-order valence-corrected chi connectivity index (χ3v) is 4.50. The smallest absolute Gasteiger partial charge is 0.233 e. The van der Waals surface area contributed by atoms with E-state index in [0.29, 0.717) is 18.3 Å². The van der Waals surface area contributed by atoms with Crippen molar-refractivity contribution < 1.29 is 4.79 Å². The lowest BCUT2D eigenvalue weighted by Crippen LogP contribution is -2.31. The third-order valence-electron chi connectivity index (χ3n) is 3.26. The molecular weight excluding hydrogens is 336 g/mol.